The van der Waals surface area contributed by atoms with Gasteiger partial charge in [0.05, 0.1) is 16.4 Å². The fourth-order valence-corrected chi connectivity index (χ4v) is 4.73. The zero-order chi connectivity index (χ0) is 18.7. The topological polar surface area (TPSA) is 81.1 Å². The van der Waals surface area contributed by atoms with Crippen LogP contribution in [-0.4, -0.2) is 24.5 Å². The summed E-state index contributed by atoms with van der Waals surface area (Å²) in [4.78, 5) is 16.3. The fraction of sp³-hybridized carbons (Fsp3) is 0.125. The molecule has 0 amide bonds. The third-order valence-electron chi connectivity index (χ3n) is 3.48. The molecule has 0 unspecified atom stereocenters. The van der Waals surface area contributed by atoms with Crippen molar-refractivity contribution in [1.82, 2.24) is 14.3 Å². The van der Waals surface area contributed by atoms with Crippen molar-refractivity contribution in [3.05, 3.63) is 69.3 Å². The van der Waals surface area contributed by atoms with Crippen molar-refractivity contribution in [2.24, 2.45) is 0 Å². The second kappa shape index (κ2) is 7.67. The summed E-state index contributed by atoms with van der Waals surface area (Å²) in [7, 11) is -3.66. The van der Waals surface area contributed by atoms with E-state index in [0.717, 1.165) is 11.3 Å². The molecule has 26 heavy (non-hydrogen) atoms. The van der Waals surface area contributed by atoms with E-state index >= 15 is 0 Å². The standard InChI is InChI=1S/C16H13ClFN3O3S2/c17-14-5-6-16(25-14)26(23,24)20-7-8-21-10-19-13(9-15(21)22)11-1-3-12(18)4-2-11/h1-6,9-10,20H,7-8H2. The summed E-state index contributed by atoms with van der Waals surface area (Å²) in [6, 6.07) is 9.87. The molecular formula is C16H13ClFN3O3S2. The molecule has 0 radical (unpaired) electrons. The Labute approximate surface area is 158 Å². The van der Waals surface area contributed by atoms with Gasteiger partial charge in [0.2, 0.25) is 10.0 Å². The number of rotatable bonds is 6. The van der Waals surface area contributed by atoms with Crippen LogP contribution in [-0.2, 0) is 16.6 Å². The van der Waals surface area contributed by atoms with Crippen molar-refractivity contribution >= 4 is 33.0 Å². The number of benzene rings is 1. The summed E-state index contributed by atoms with van der Waals surface area (Å²) in [5.74, 6) is -0.374. The predicted molar refractivity (Wildman–Crippen MR) is 98.4 cm³/mol. The number of sulfonamides is 1. The molecule has 0 spiro atoms. The second-order valence-corrected chi connectivity index (χ2v) is 8.98. The van der Waals surface area contributed by atoms with Gasteiger partial charge in [0.15, 0.2) is 0 Å². The number of hydrogen-bond donors (Lipinski definition) is 1. The molecule has 3 aromatic rings. The SMILES string of the molecule is O=c1cc(-c2ccc(F)cc2)ncn1CCNS(=O)(=O)c1ccc(Cl)s1. The minimum atomic E-state index is -3.66. The Bertz CT molecular complexity index is 1080. The van der Waals surface area contributed by atoms with Crippen molar-refractivity contribution < 1.29 is 12.8 Å². The Morgan fingerprint density at radius 3 is 2.54 bits per heavy atom. The first-order valence-corrected chi connectivity index (χ1v) is 10.1. The average Bonchev–Trinajstić information content (AvgIpc) is 3.04. The summed E-state index contributed by atoms with van der Waals surface area (Å²) in [6.45, 7) is 0.142. The third kappa shape index (κ3) is 4.36. The van der Waals surface area contributed by atoms with Crippen LogP contribution in [0.15, 0.2) is 57.8 Å². The number of thiophene rings is 1. The molecule has 1 N–H and O–H groups in total. The lowest BCUT2D eigenvalue weighted by Gasteiger charge is -2.08. The van der Waals surface area contributed by atoms with E-state index in [1.165, 1.54) is 53.4 Å². The Morgan fingerprint density at radius 2 is 1.92 bits per heavy atom. The molecule has 0 saturated heterocycles. The first kappa shape index (κ1) is 18.7. The van der Waals surface area contributed by atoms with E-state index in [0.29, 0.717) is 15.6 Å². The zero-order valence-corrected chi connectivity index (χ0v) is 15.6. The number of aromatic nitrogens is 2. The Morgan fingerprint density at radius 1 is 1.19 bits per heavy atom. The molecule has 3 rings (SSSR count). The van der Waals surface area contributed by atoms with Crippen molar-refractivity contribution in [1.29, 1.82) is 0 Å². The first-order chi connectivity index (χ1) is 12.3. The van der Waals surface area contributed by atoms with Crippen molar-refractivity contribution in [2.75, 3.05) is 6.54 Å². The van der Waals surface area contributed by atoms with Gasteiger partial charge < -0.3 is 0 Å². The average molecular weight is 414 g/mol. The van der Waals surface area contributed by atoms with Crippen LogP contribution in [0.5, 0.6) is 0 Å². The molecule has 0 aliphatic heterocycles. The summed E-state index contributed by atoms with van der Waals surface area (Å²) >= 11 is 6.69. The third-order valence-corrected chi connectivity index (χ3v) is 6.66. The van der Waals surface area contributed by atoms with Crippen LogP contribution in [0.25, 0.3) is 11.3 Å². The molecule has 6 nitrogen and oxygen atoms in total. The van der Waals surface area contributed by atoms with Crippen LogP contribution >= 0.6 is 22.9 Å². The normalized spacial score (nSPS) is 11.6. The number of hydrogen-bond acceptors (Lipinski definition) is 5. The molecule has 0 aliphatic rings. The second-order valence-electron chi connectivity index (χ2n) is 5.27. The highest BCUT2D eigenvalue weighted by atomic mass is 35.5. The monoisotopic (exact) mass is 413 g/mol. The van der Waals surface area contributed by atoms with Gasteiger partial charge in [-0.25, -0.2) is 22.5 Å². The van der Waals surface area contributed by atoms with E-state index in [-0.39, 0.29) is 28.7 Å². The molecule has 136 valence electrons. The highest BCUT2D eigenvalue weighted by molar-refractivity contribution is 7.91. The molecule has 0 bridgehead atoms. The lowest BCUT2D eigenvalue weighted by atomic mass is 10.1. The van der Waals surface area contributed by atoms with Gasteiger partial charge in [0, 0.05) is 24.7 Å². The van der Waals surface area contributed by atoms with E-state index in [1.807, 2.05) is 0 Å². The van der Waals surface area contributed by atoms with Gasteiger partial charge in [-0.15, -0.1) is 11.3 Å². The van der Waals surface area contributed by atoms with Gasteiger partial charge in [-0.1, -0.05) is 11.6 Å². The largest absolute Gasteiger partial charge is 0.298 e. The van der Waals surface area contributed by atoms with E-state index in [9.17, 15) is 17.6 Å². The van der Waals surface area contributed by atoms with Crippen molar-refractivity contribution in [3.8, 4) is 11.3 Å². The van der Waals surface area contributed by atoms with E-state index in [4.69, 9.17) is 11.6 Å². The van der Waals surface area contributed by atoms with E-state index in [1.54, 1.807) is 0 Å². The Kier molecular flexibility index (Phi) is 5.52. The van der Waals surface area contributed by atoms with Crippen molar-refractivity contribution in [2.45, 2.75) is 10.8 Å². The van der Waals surface area contributed by atoms with Crippen LogP contribution < -0.4 is 10.3 Å². The number of nitrogens with zero attached hydrogens (tertiary/aromatic N) is 2. The first-order valence-electron chi connectivity index (χ1n) is 7.42. The van der Waals surface area contributed by atoms with Crippen LogP contribution in [0.2, 0.25) is 4.34 Å². The summed E-state index contributed by atoms with van der Waals surface area (Å²) in [6.07, 6.45) is 1.33. The van der Waals surface area contributed by atoms with Gasteiger partial charge in [0.1, 0.15) is 10.0 Å². The minimum Gasteiger partial charge on any atom is -0.298 e. The van der Waals surface area contributed by atoms with Crippen LogP contribution in [0.3, 0.4) is 0 Å². The molecule has 1 aromatic carbocycles. The molecular weight excluding hydrogens is 401 g/mol. The van der Waals surface area contributed by atoms with Gasteiger partial charge >= 0.3 is 0 Å². The molecule has 2 aromatic heterocycles. The van der Waals surface area contributed by atoms with Crippen LogP contribution in [0, 0.1) is 5.82 Å². The van der Waals surface area contributed by atoms with E-state index in [2.05, 4.69) is 9.71 Å². The number of nitrogens with one attached hydrogen (secondary N) is 1. The maximum Gasteiger partial charge on any atom is 0.253 e. The van der Waals surface area contributed by atoms with Gasteiger partial charge in [-0.2, -0.15) is 0 Å². The van der Waals surface area contributed by atoms with Gasteiger partial charge in [0.25, 0.3) is 5.56 Å². The molecule has 0 aliphatic carbocycles. The zero-order valence-electron chi connectivity index (χ0n) is 13.2. The fourth-order valence-electron chi connectivity index (χ4n) is 2.19. The highest BCUT2D eigenvalue weighted by Crippen LogP contribution is 2.25. The van der Waals surface area contributed by atoms with Crippen molar-refractivity contribution in [3.63, 3.8) is 0 Å². The maximum absolute atomic E-state index is 13.0. The van der Waals surface area contributed by atoms with Crippen LogP contribution in [0.4, 0.5) is 4.39 Å². The Balaban J connectivity index is 1.67. The maximum atomic E-state index is 13.0. The quantitative estimate of drug-likeness (QED) is 0.673. The molecule has 0 saturated carbocycles. The summed E-state index contributed by atoms with van der Waals surface area (Å²) in [5.41, 5.74) is 0.698. The predicted octanol–water partition coefficient (Wildman–Crippen LogP) is 2.74. The lowest BCUT2D eigenvalue weighted by Crippen LogP contribution is -2.30. The molecule has 0 fully saturated rings. The molecule has 2 heterocycles. The summed E-state index contributed by atoms with van der Waals surface area (Å²) < 4.78 is 41.3. The molecule has 0 atom stereocenters. The Hall–Kier alpha value is -2.07. The van der Waals surface area contributed by atoms with E-state index < -0.39 is 10.0 Å². The summed E-state index contributed by atoms with van der Waals surface area (Å²) in [5, 5.41) is 0. The lowest BCUT2D eigenvalue weighted by molar-refractivity contribution is 0.570. The number of halogens is 2. The van der Waals surface area contributed by atoms with Crippen LogP contribution in [0.1, 0.15) is 0 Å². The van der Waals surface area contributed by atoms with Gasteiger partial charge in [-0.05, 0) is 36.4 Å². The highest BCUT2D eigenvalue weighted by Gasteiger charge is 2.16. The smallest absolute Gasteiger partial charge is 0.253 e. The van der Waals surface area contributed by atoms with Gasteiger partial charge in [-0.3, -0.25) is 9.36 Å². The molecule has 10 heteroatoms. The minimum absolute atomic E-state index is 0.0231.